The molecule has 1 atom stereocenters. The third kappa shape index (κ3) is 8.73. The van der Waals surface area contributed by atoms with E-state index < -0.39 is 6.10 Å². The van der Waals surface area contributed by atoms with Crippen molar-refractivity contribution in [3.05, 3.63) is 11.8 Å². The minimum absolute atomic E-state index is 0.288. The summed E-state index contributed by atoms with van der Waals surface area (Å²) in [6.07, 6.45) is 1.32. The monoisotopic (exact) mass is 236 g/mol. The van der Waals surface area contributed by atoms with Gasteiger partial charge in [0, 0.05) is 0 Å². The zero-order valence-corrected chi connectivity index (χ0v) is 10.9. The molecule has 0 aliphatic heterocycles. The van der Waals surface area contributed by atoms with Crippen LogP contribution in [-0.4, -0.2) is 55.4 Å². The van der Waals surface area contributed by atoms with Gasteiger partial charge >= 0.3 is 0 Å². The fraction of sp³-hybridized carbons (Fsp3) is 0.818. The van der Waals surface area contributed by atoms with Gasteiger partial charge in [0.2, 0.25) is 0 Å². The van der Waals surface area contributed by atoms with E-state index in [1.54, 1.807) is 6.26 Å². The summed E-state index contributed by atoms with van der Waals surface area (Å²) in [6.45, 7) is 6.17. The van der Waals surface area contributed by atoms with Crippen LogP contribution < -0.4 is 0 Å². The van der Waals surface area contributed by atoms with Crippen molar-refractivity contribution < 1.29 is 14.3 Å². The van der Waals surface area contributed by atoms with E-state index in [4.69, 9.17) is 16.3 Å². The van der Waals surface area contributed by atoms with Crippen LogP contribution in [0.4, 0.5) is 0 Å². The van der Waals surface area contributed by atoms with Gasteiger partial charge in [0.05, 0.1) is 26.2 Å². The number of hydrogen-bond donors (Lipinski definition) is 1. The molecule has 4 heteroatoms. The summed E-state index contributed by atoms with van der Waals surface area (Å²) in [5.74, 6) is 0.288. The smallest absolute Gasteiger partial charge is 0.136 e. The molecule has 0 saturated heterocycles. The summed E-state index contributed by atoms with van der Waals surface area (Å²) in [5, 5.41) is 9.44. The molecule has 0 saturated carbocycles. The first-order chi connectivity index (χ1) is 6.87. The van der Waals surface area contributed by atoms with Crippen LogP contribution in [0.1, 0.15) is 13.8 Å². The molecule has 0 bridgehead atoms. The molecule has 0 amide bonds. The molecule has 0 aromatic carbocycles. The Labute approximate surface area is 97.9 Å². The predicted octanol–water partition coefficient (Wildman–Crippen LogP) is 1.60. The Balaban J connectivity index is 3.78. The summed E-state index contributed by atoms with van der Waals surface area (Å²) in [7, 11) is 4.11. The molecule has 0 aromatic heterocycles. The van der Waals surface area contributed by atoms with Crippen molar-refractivity contribution in [2.24, 2.45) is 0 Å². The van der Waals surface area contributed by atoms with Gasteiger partial charge in [-0.25, -0.2) is 0 Å². The van der Waals surface area contributed by atoms with Crippen LogP contribution in [0.3, 0.4) is 0 Å². The van der Waals surface area contributed by atoms with Gasteiger partial charge in [-0.15, -0.1) is 11.6 Å². The number of allylic oxidation sites excluding steroid dienone is 1. The van der Waals surface area contributed by atoms with Gasteiger partial charge in [-0.2, -0.15) is 0 Å². The van der Waals surface area contributed by atoms with Crippen molar-refractivity contribution in [1.82, 2.24) is 0 Å². The molecular formula is C11H23ClNO2+. The van der Waals surface area contributed by atoms with Crippen molar-refractivity contribution in [2.75, 3.05) is 39.7 Å². The van der Waals surface area contributed by atoms with E-state index in [0.717, 1.165) is 12.1 Å². The summed E-state index contributed by atoms with van der Waals surface area (Å²) in [5.41, 5.74) is 1.15. The van der Waals surface area contributed by atoms with Crippen LogP contribution in [0.2, 0.25) is 0 Å². The molecule has 0 fully saturated rings. The molecule has 15 heavy (non-hydrogen) atoms. The van der Waals surface area contributed by atoms with E-state index >= 15 is 0 Å². The van der Waals surface area contributed by atoms with E-state index in [1.165, 1.54) is 0 Å². The van der Waals surface area contributed by atoms with E-state index in [-0.39, 0.29) is 5.88 Å². The second kappa shape index (κ2) is 7.09. The van der Waals surface area contributed by atoms with Crippen LogP contribution in [0, 0.1) is 0 Å². The number of aliphatic hydroxyl groups excluding tert-OH is 1. The maximum atomic E-state index is 9.44. The lowest BCUT2D eigenvalue weighted by Crippen LogP contribution is -2.47. The van der Waals surface area contributed by atoms with Crippen molar-refractivity contribution in [1.29, 1.82) is 0 Å². The molecule has 90 valence electrons. The van der Waals surface area contributed by atoms with E-state index in [9.17, 15) is 5.11 Å². The molecule has 0 heterocycles. The van der Waals surface area contributed by atoms with Gasteiger partial charge < -0.3 is 14.3 Å². The fourth-order valence-electron chi connectivity index (χ4n) is 1.24. The standard InChI is InChI=1S/C11H23ClNO2/c1-10(2)9-15-6-5-13(3,4)8-11(14)7-12/h9,11,14H,5-8H2,1-4H3/q+1. The molecule has 0 aliphatic carbocycles. The third-order valence-corrected chi connectivity index (χ3v) is 2.37. The lowest BCUT2D eigenvalue weighted by molar-refractivity contribution is -0.893. The van der Waals surface area contributed by atoms with Crippen LogP contribution in [0.15, 0.2) is 11.8 Å². The van der Waals surface area contributed by atoms with Gasteiger partial charge in [0.15, 0.2) is 0 Å². The highest BCUT2D eigenvalue weighted by atomic mass is 35.5. The first-order valence-corrected chi connectivity index (χ1v) is 5.72. The molecule has 0 spiro atoms. The molecule has 0 aliphatic rings. The molecule has 0 rings (SSSR count). The predicted molar refractivity (Wildman–Crippen MR) is 64.0 cm³/mol. The number of nitrogens with zero attached hydrogens (tertiary/aromatic N) is 1. The highest BCUT2D eigenvalue weighted by Gasteiger charge is 2.19. The van der Waals surface area contributed by atoms with E-state index in [2.05, 4.69) is 14.1 Å². The fourth-order valence-corrected chi connectivity index (χ4v) is 1.33. The van der Waals surface area contributed by atoms with Gasteiger partial charge in [-0.05, 0) is 19.4 Å². The summed E-state index contributed by atoms with van der Waals surface area (Å²) >= 11 is 5.56. The van der Waals surface area contributed by atoms with Crippen molar-refractivity contribution >= 4 is 11.6 Å². The lowest BCUT2D eigenvalue weighted by atomic mass is 10.3. The highest BCUT2D eigenvalue weighted by molar-refractivity contribution is 6.18. The SMILES string of the molecule is CC(C)=COCC[N+](C)(C)CC(O)CCl. The maximum absolute atomic E-state index is 9.44. The number of halogens is 1. The van der Waals surface area contributed by atoms with Crippen molar-refractivity contribution in [3.8, 4) is 0 Å². The molecule has 0 radical (unpaired) electrons. The zero-order chi connectivity index (χ0) is 11.9. The molecule has 1 N–H and O–H groups in total. The largest absolute Gasteiger partial charge is 0.495 e. The number of alkyl halides is 1. The number of aliphatic hydroxyl groups is 1. The minimum Gasteiger partial charge on any atom is -0.495 e. The van der Waals surface area contributed by atoms with Crippen LogP contribution in [0.25, 0.3) is 0 Å². The average molecular weight is 237 g/mol. The Morgan fingerprint density at radius 2 is 2.07 bits per heavy atom. The summed E-state index contributed by atoms with van der Waals surface area (Å²) in [6, 6.07) is 0. The van der Waals surface area contributed by atoms with Crippen LogP contribution >= 0.6 is 11.6 Å². The Kier molecular flexibility index (Phi) is 6.98. The van der Waals surface area contributed by atoms with Crippen LogP contribution in [0.5, 0.6) is 0 Å². The summed E-state index contributed by atoms with van der Waals surface area (Å²) in [4.78, 5) is 0. The number of ether oxygens (including phenoxy) is 1. The van der Waals surface area contributed by atoms with Gasteiger partial charge in [-0.1, -0.05) is 0 Å². The summed E-state index contributed by atoms with van der Waals surface area (Å²) < 4.78 is 6.07. The number of hydrogen-bond acceptors (Lipinski definition) is 2. The van der Waals surface area contributed by atoms with Crippen molar-refractivity contribution in [2.45, 2.75) is 20.0 Å². The molecule has 3 nitrogen and oxygen atoms in total. The highest BCUT2D eigenvalue weighted by Crippen LogP contribution is 2.02. The second-order valence-electron chi connectivity index (χ2n) is 4.72. The minimum atomic E-state index is -0.440. The lowest BCUT2D eigenvalue weighted by Gasteiger charge is -2.31. The first-order valence-electron chi connectivity index (χ1n) is 5.18. The Morgan fingerprint density at radius 1 is 1.47 bits per heavy atom. The molecule has 0 aromatic rings. The van der Waals surface area contributed by atoms with Gasteiger partial charge in [0.25, 0.3) is 0 Å². The zero-order valence-electron chi connectivity index (χ0n) is 10.2. The topological polar surface area (TPSA) is 29.5 Å². The normalized spacial score (nSPS) is 13.5. The van der Waals surface area contributed by atoms with Crippen LogP contribution in [-0.2, 0) is 4.74 Å². The Hall–Kier alpha value is -0.250. The first kappa shape index (κ1) is 14.8. The van der Waals surface area contributed by atoms with Gasteiger partial charge in [-0.3, -0.25) is 0 Å². The second-order valence-corrected chi connectivity index (χ2v) is 5.02. The van der Waals surface area contributed by atoms with E-state index in [0.29, 0.717) is 17.6 Å². The Morgan fingerprint density at radius 3 is 2.53 bits per heavy atom. The molecule has 1 unspecified atom stereocenters. The number of rotatable bonds is 7. The van der Waals surface area contributed by atoms with E-state index in [1.807, 2.05) is 13.8 Å². The number of quaternary nitrogens is 1. The maximum Gasteiger partial charge on any atom is 0.136 e. The van der Waals surface area contributed by atoms with Gasteiger partial charge in [0.1, 0.15) is 25.8 Å². The Bertz CT molecular complexity index is 201. The quantitative estimate of drug-likeness (QED) is 0.315. The average Bonchev–Trinajstić information content (AvgIpc) is 2.11. The third-order valence-electron chi connectivity index (χ3n) is 2.02. The molecular weight excluding hydrogens is 214 g/mol. The number of likely N-dealkylation sites (N-methyl/N-ethyl adjacent to an activating group) is 1. The van der Waals surface area contributed by atoms with Crippen molar-refractivity contribution in [3.63, 3.8) is 0 Å².